The minimum absolute atomic E-state index is 0.0312. The first-order valence-corrected chi connectivity index (χ1v) is 7.46. The third-order valence-corrected chi connectivity index (χ3v) is 3.70. The zero-order valence-corrected chi connectivity index (χ0v) is 12.8. The Hall–Kier alpha value is -3.34. The Bertz CT molecular complexity index is 875. The number of nitro benzene ring substituents is 1. The summed E-state index contributed by atoms with van der Waals surface area (Å²) in [6, 6.07) is 19.3. The first-order valence-electron chi connectivity index (χ1n) is 7.46. The van der Waals surface area contributed by atoms with Gasteiger partial charge in [-0.15, -0.1) is 0 Å². The second-order valence-electron chi connectivity index (χ2n) is 5.36. The molecule has 2 aromatic carbocycles. The third kappa shape index (κ3) is 3.52. The maximum atomic E-state index is 12.2. The summed E-state index contributed by atoms with van der Waals surface area (Å²) in [7, 11) is 0. The number of non-ortho nitro benzene ring substituents is 1. The molecule has 0 saturated heterocycles. The van der Waals surface area contributed by atoms with Gasteiger partial charge in [0.25, 0.3) is 5.69 Å². The number of carbonyl (C=O) groups is 1. The van der Waals surface area contributed by atoms with Gasteiger partial charge >= 0.3 is 0 Å². The average molecular weight is 319 g/mol. The Kier molecular flexibility index (Phi) is 4.43. The second kappa shape index (κ2) is 6.83. The normalized spacial score (nSPS) is 10.3. The number of pyridine rings is 1. The first-order chi connectivity index (χ1) is 11.6. The van der Waals surface area contributed by atoms with Crippen LogP contribution < -0.4 is 4.57 Å². The van der Waals surface area contributed by atoms with Gasteiger partial charge < -0.3 is 0 Å². The molecule has 0 aliphatic rings. The molecule has 1 heterocycles. The van der Waals surface area contributed by atoms with Crippen molar-refractivity contribution >= 4 is 11.5 Å². The number of benzene rings is 2. The molecule has 1 aromatic heterocycles. The van der Waals surface area contributed by atoms with Gasteiger partial charge in [-0.25, -0.2) is 0 Å². The summed E-state index contributed by atoms with van der Waals surface area (Å²) in [6.45, 7) is 0.249. The summed E-state index contributed by atoms with van der Waals surface area (Å²) in [6.07, 6.45) is 3.60. The number of Topliss-reactive ketones (excluding diaryl/α,β-unsaturated/α-hetero) is 1. The number of carbonyl (C=O) groups excluding carboxylic acids is 1. The number of hydrogen-bond acceptors (Lipinski definition) is 3. The largest absolute Gasteiger partial charge is 0.287 e. The van der Waals surface area contributed by atoms with Gasteiger partial charge in [0.2, 0.25) is 12.3 Å². The molecular formula is C19H15N2O3+. The van der Waals surface area contributed by atoms with Crippen LogP contribution in [0.25, 0.3) is 11.1 Å². The van der Waals surface area contributed by atoms with Crippen LogP contribution >= 0.6 is 0 Å². The molecule has 0 saturated carbocycles. The zero-order chi connectivity index (χ0) is 16.9. The molecule has 0 radical (unpaired) electrons. The highest BCUT2D eigenvalue weighted by molar-refractivity contribution is 5.94. The molecule has 0 aliphatic carbocycles. The van der Waals surface area contributed by atoms with E-state index < -0.39 is 4.92 Å². The molecule has 118 valence electrons. The van der Waals surface area contributed by atoms with Gasteiger partial charge in [0.1, 0.15) is 0 Å². The van der Waals surface area contributed by atoms with Gasteiger partial charge in [0.15, 0.2) is 12.4 Å². The van der Waals surface area contributed by atoms with Crippen LogP contribution in [-0.2, 0) is 6.54 Å². The molecule has 0 N–H and O–H groups in total. The number of hydrogen-bond donors (Lipinski definition) is 0. The van der Waals surface area contributed by atoms with Gasteiger partial charge in [-0.05, 0) is 11.1 Å². The van der Waals surface area contributed by atoms with Crippen molar-refractivity contribution in [2.75, 3.05) is 0 Å². The van der Waals surface area contributed by atoms with E-state index in [-0.39, 0.29) is 18.0 Å². The predicted octanol–water partition coefficient (Wildman–Crippen LogP) is 3.43. The van der Waals surface area contributed by atoms with Crippen LogP contribution in [0.2, 0.25) is 0 Å². The summed E-state index contributed by atoms with van der Waals surface area (Å²) in [5, 5.41) is 10.9. The molecule has 24 heavy (non-hydrogen) atoms. The summed E-state index contributed by atoms with van der Waals surface area (Å²) in [4.78, 5) is 22.6. The molecule has 5 nitrogen and oxygen atoms in total. The monoisotopic (exact) mass is 319 g/mol. The molecule has 3 rings (SSSR count). The van der Waals surface area contributed by atoms with Gasteiger partial charge in [0.05, 0.1) is 4.92 Å². The molecule has 0 atom stereocenters. The quantitative estimate of drug-likeness (QED) is 0.313. The van der Waals surface area contributed by atoms with Crippen molar-refractivity contribution in [3.8, 4) is 11.1 Å². The van der Waals surface area contributed by atoms with E-state index in [1.807, 2.05) is 36.4 Å². The van der Waals surface area contributed by atoms with E-state index >= 15 is 0 Å². The maximum absolute atomic E-state index is 12.2. The van der Waals surface area contributed by atoms with Gasteiger partial charge in [-0.3, -0.25) is 14.9 Å². The minimum atomic E-state index is -0.412. The van der Waals surface area contributed by atoms with E-state index in [1.165, 1.54) is 12.1 Å². The highest BCUT2D eigenvalue weighted by atomic mass is 16.6. The Morgan fingerprint density at radius 2 is 1.62 bits per heavy atom. The number of ketones is 1. The van der Waals surface area contributed by atoms with E-state index in [0.29, 0.717) is 5.56 Å². The van der Waals surface area contributed by atoms with Gasteiger partial charge in [-0.1, -0.05) is 42.5 Å². The molecule has 0 spiro atoms. The van der Waals surface area contributed by atoms with E-state index in [1.54, 1.807) is 35.2 Å². The minimum Gasteiger partial charge on any atom is -0.287 e. The highest BCUT2D eigenvalue weighted by Gasteiger charge is 2.12. The van der Waals surface area contributed by atoms with E-state index in [9.17, 15) is 14.9 Å². The highest BCUT2D eigenvalue weighted by Crippen LogP contribution is 2.22. The molecule has 0 unspecified atom stereocenters. The standard InChI is InChI=1S/C19H15N2O3/c22-19(16-5-2-1-3-6-16)14-20-11-9-15(10-12-20)17-7-4-8-18(13-17)21(23)24/h1-13H,14H2/q+1. The average Bonchev–Trinajstić information content (AvgIpc) is 2.63. The number of nitrogens with zero attached hydrogens (tertiary/aromatic N) is 2. The molecule has 0 aliphatic heterocycles. The van der Waals surface area contributed by atoms with Gasteiger partial charge in [-0.2, -0.15) is 4.57 Å². The van der Waals surface area contributed by atoms with Crippen molar-refractivity contribution in [1.82, 2.24) is 0 Å². The van der Waals surface area contributed by atoms with Crippen molar-refractivity contribution in [1.29, 1.82) is 0 Å². The fourth-order valence-electron chi connectivity index (χ4n) is 2.44. The lowest BCUT2D eigenvalue weighted by molar-refractivity contribution is -0.683. The van der Waals surface area contributed by atoms with Crippen LogP contribution in [0.3, 0.4) is 0 Å². The van der Waals surface area contributed by atoms with E-state index in [4.69, 9.17) is 0 Å². The van der Waals surface area contributed by atoms with Crippen LogP contribution in [0.5, 0.6) is 0 Å². The van der Waals surface area contributed by atoms with E-state index in [2.05, 4.69) is 0 Å². The van der Waals surface area contributed by atoms with Crippen molar-refractivity contribution < 1.29 is 14.3 Å². The summed E-state index contributed by atoms with van der Waals surface area (Å²) >= 11 is 0. The van der Waals surface area contributed by atoms with Crippen molar-refractivity contribution in [3.05, 3.63) is 94.8 Å². The van der Waals surface area contributed by atoms with Crippen molar-refractivity contribution in [2.24, 2.45) is 0 Å². The molecule has 3 aromatic rings. The Balaban J connectivity index is 1.77. The fourth-order valence-corrected chi connectivity index (χ4v) is 2.44. The van der Waals surface area contributed by atoms with E-state index in [0.717, 1.165) is 11.1 Å². The number of rotatable bonds is 5. The summed E-state index contributed by atoms with van der Waals surface area (Å²) in [5.74, 6) is 0.0312. The molecule has 0 amide bonds. The lowest BCUT2D eigenvalue weighted by Gasteiger charge is -2.02. The lowest BCUT2D eigenvalue weighted by Crippen LogP contribution is -2.37. The Labute approximate surface area is 139 Å². The number of aromatic nitrogens is 1. The lowest BCUT2D eigenvalue weighted by atomic mass is 10.1. The van der Waals surface area contributed by atoms with Crippen molar-refractivity contribution in [3.63, 3.8) is 0 Å². The molecule has 5 heteroatoms. The van der Waals surface area contributed by atoms with Crippen LogP contribution in [-0.4, -0.2) is 10.7 Å². The molecule has 0 fully saturated rings. The Morgan fingerprint density at radius 3 is 2.29 bits per heavy atom. The number of nitro groups is 1. The van der Waals surface area contributed by atoms with Crippen LogP contribution in [0.1, 0.15) is 10.4 Å². The van der Waals surface area contributed by atoms with Crippen LogP contribution in [0.4, 0.5) is 5.69 Å². The Morgan fingerprint density at radius 1 is 0.917 bits per heavy atom. The topological polar surface area (TPSA) is 64.1 Å². The summed E-state index contributed by atoms with van der Waals surface area (Å²) in [5.41, 5.74) is 2.36. The molecule has 0 bridgehead atoms. The zero-order valence-electron chi connectivity index (χ0n) is 12.8. The maximum Gasteiger partial charge on any atom is 0.270 e. The van der Waals surface area contributed by atoms with Crippen LogP contribution in [0, 0.1) is 10.1 Å². The van der Waals surface area contributed by atoms with Crippen LogP contribution in [0.15, 0.2) is 79.1 Å². The third-order valence-electron chi connectivity index (χ3n) is 3.70. The smallest absolute Gasteiger partial charge is 0.270 e. The predicted molar refractivity (Wildman–Crippen MR) is 89.5 cm³/mol. The SMILES string of the molecule is O=C(C[n+]1ccc(-c2cccc([N+](=O)[O-])c2)cc1)c1ccccc1. The second-order valence-corrected chi connectivity index (χ2v) is 5.36. The van der Waals surface area contributed by atoms with Crippen molar-refractivity contribution in [2.45, 2.75) is 6.54 Å². The first kappa shape index (κ1) is 15.6. The molecular weight excluding hydrogens is 304 g/mol. The van der Waals surface area contributed by atoms with Gasteiger partial charge in [0, 0.05) is 29.8 Å². The fraction of sp³-hybridized carbons (Fsp3) is 0.0526. The summed E-state index contributed by atoms with van der Waals surface area (Å²) < 4.78 is 1.79.